The second kappa shape index (κ2) is 7.76. The van der Waals surface area contributed by atoms with E-state index < -0.39 is 16.1 Å². The van der Waals surface area contributed by atoms with Gasteiger partial charge in [-0.3, -0.25) is 4.79 Å². The van der Waals surface area contributed by atoms with Crippen molar-refractivity contribution in [3.63, 3.8) is 0 Å². The van der Waals surface area contributed by atoms with Crippen molar-refractivity contribution in [2.75, 3.05) is 44.2 Å². The molecule has 0 saturated carbocycles. The van der Waals surface area contributed by atoms with Gasteiger partial charge in [-0.05, 0) is 47.0 Å². The molecule has 8 nitrogen and oxygen atoms in total. The molecule has 2 aliphatic heterocycles. The van der Waals surface area contributed by atoms with E-state index in [1.165, 1.54) is 16.1 Å². The standard InChI is InChI=1S/C17H22BrN3O5S/c1-3-26-17(23)19-6-8-20(9-7-19)27(24,25)16-11-15-13(10-14(16)18)4-5-21(15)12(2)22/h10-11H,3-9H2,1-2H3. The fourth-order valence-corrected chi connectivity index (χ4v) is 5.87. The normalized spacial score (nSPS) is 17.7. The molecule has 148 valence electrons. The van der Waals surface area contributed by atoms with Crippen LogP contribution in [0.15, 0.2) is 21.5 Å². The minimum atomic E-state index is -3.76. The largest absolute Gasteiger partial charge is 0.450 e. The number of halogens is 1. The molecule has 0 bridgehead atoms. The molecule has 1 aromatic rings. The zero-order chi connectivity index (χ0) is 19.8. The Hall–Kier alpha value is -1.65. The van der Waals surface area contributed by atoms with Crippen LogP contribution >= 0.6 is 15.9 Å². The molecule has 2 aliphatic rings. The van der Waals surface area contributed by atoms with Crippen molar-refractivity contribution in [3.8, 4) is 0 Å². The first-order valence-electron chi connectivity index (χ1n) is 8.78. The lowest BCUT2D eigenvalue weighted by atomic mass is 10.2. The third kappa shape index (κ3) is 3.83. The van der Waals surface area contributed by atoms with Crippen molar-refractivity contribution in [1.82, 2.24) is 9.21 Å². The van der Waals surface area contributed by atoms with Crippen molar-refractivity contribution < 1.29 is 22.7 Å². The van der Waals surface area contributed by atoms with Gasteiger partial charge >= 0.3 is 6.09 Å². The molecule has 0 aromatic heterocycles. The van der Waals surface area contributed by atoms with Crippen LogP contribution < -0.4 is 4.90 Å². The van der Waals surface area contributed by atoms with E-state index in [1.54, 1.807) is 24.0 Å². The average Bonchev–Trinajstić information content (AvgIpc) is 3.04. The van der Waals surface area contributed by atoms with Crippen LogP contribution in [0, 0.1) is 0 Å². The van der Waals surface area contributed by atoms with Gasteiger partial charge in [0.25, 0.3) is 0 Å². The molecule has 2 amide bonds. The number of sulfonamides is 1. The van der Waals surface area contributed by atoms with Crippen LogP contribution in [0.2, 0.25) is 0 Å². The van der Waals surface area contributed by atoms with Gasteiger partial charge in [0.15, 0.2) is 0 Å². The Morgan fingerprint density at radius 3 is 2.41 bits per heavy atom. The van der Waals surface area contributed by atoms with Gasteiger partial charge in [0.05, 0.1) is 11.5 Å². The Balaban J connectivity index is 1.83. The molecule has 0 radical (unpaired) electrons. The van der Waals surface area contributed by atoms with Gasteiger partial charge in [-0.15, -0.1) is 0 Å². The fourth-order valence-electron chi connectivity index (χ4n) is 3.38. The van der Waals surface area contributed by atoms with Gasteiger partial charge in [0.2, 0.25) is 15.9 Å². The molecular weight excluding hydrogens is 438 g/mol. The van der Waals surface area contributed by atoms with Crippen molar-refractivity contribution in [1.29, 1.82) is 0 Å². The zero-order valence-electron chi connectivity index (χ0n) is 15.3. The summed E-state index contributed by atoms with van der Waals surface area (Å²) in [6, 6.07) is 3.35. The van der Waals surface area contributed by atoms with Crippen LogP contribution in [-0.4, -0.2) is 69.0 Å². The second-order valence-corrected chi connectivity index (χ2v) is 9.18. The number of benzene rings is 1. The van der Waals surface area contributed by atoms with Crippen LogP contribution in [-0.2, 0) is 26.0 Å². The highest BCUT2D eigenvalue weighted by atomic mass is 79.9. The molecule has 0 spiro atoms. The van der Waals surface area contributed by atoms with Gasteiger partial charge in [0.1, 0.15) is 0 Å². The Labute approximate surface area is 167 Å². The fraction of sp³-hybridized carbons (Fsp3) is 0.529. The van der Waals surface area contributed by atoms with Crippen LogP contribution in [0.25, 0.3) is 0 Å². The Morgan fingerprint density at radius 1 is 1.15 bits per heavy atom. The van der Waals surface area contributed by atoms with E-state index in [0.717, 1.165) is 5.56 Å². The molecule has 0 unspecified atom stereocenters. The first-order valence-corrected chi connectivity index (χ1v) is 11.0. The summed E-state index contributed by atoms with van der Waals surface area (Å²) in [7, 11) is -3.76. The molecule has 3 rings (SSSR count). The number of piperazine rings is 1. The van der Waals surface area contributed by atoms with Crippen LogP contribution in [0.5, 0.6) is 0 Å². The maximum Gasteiger partial charge on any atom is 0.409 e. The number of carbonyl (C=O) groups excluding carboxylic acids is 2. The number of carbonyl (C=O) groups is 2. The molecule has 0 atom stereocenters. The van der Waals surface area contributed by atoms with E-state index in [-0.39, 0.29) is 43.6 Å². The van der Waals surface area contributed by atoms with Gasteiger partial charge in [-0.1, -0.05) is 0 Å². The van der Waals surface area contributed by atoms with Crippen molar-refractivity contribution in [2.24, 2.45) is 0 Å². The first kappa shape index (κ1) is 20.1. The number of amides is 2. The topological polar surface area (TPSA) is 87.2 Å². The summed E-state index contributed by atoms with van der Waals surface area (Å²) in [6.07, 6.45) is 0.275. The highest BCUT2D eigenvalue weighted by molar-refractivity contribution is 9.10. The maximum absolute atomic E-state index is 13.1. The lowest BCUT2D eigenvalue weighted by Gasteiger charge is -2.33. The lowest BCUT2D eigenvalue weighted by molar-refractivity contribution is -0.116. The second-order valence-electron chi connectivity index (χ2n) is 6.42. The summed E-state index contributed by atoms with van der Waals surface area (Å²) < 4.78 is 33.1. The molecule has 10 heteroatoms. The number of hydrogen-bond acceptors (Lipinski definition) is 5. The Bertz CT molecular complexity index is 866. The van der Waals surface area contributed by atoms with E-state index in [4.69, 9.17) is 4.74 Å². The van der Waals surface area contributed by atoms with E-state index in [1.807, 2.05) is 0 Å². The smallest absolute Gasteiger partial charge is 0.409 e. The quantitative estimate of drug-likeness (QED) is 0.687. The molecular formula is C17H22BrN3O5S. The number of anilines is 1. The highest BCUT2D eigenvalue weighted by Gasteiger charge is 2.34. The molecule has 1 saturated heterocycles. The maximum atomic E-state index is 13.1. The SMILES string of the molecule is CCOC(=O)N1CCN(S(=O)(=O)c2cc3c(cc2Br)CCN3C(C)=O)CC1. The van der Waals surface area contributed by atoms with Crippen molar-refractivity contribution in [2.45, 2.75) is 25.2 Å². The Morgan fingerprint density at radius 2 is 1.81 bits per heavy atom. The van der Waals surface area contributed by atoms with Crippen LogP contribution in [0.4, 0.5) is 10.5 Å². The van der Waals surface area contributed by atoms with E-state index in [9.17, 15) is 18.0 Å². The van der Waals surface area contributed by atoms with Gasteiger partial charge < -0.3 is 14.5 Å². The Kier molecular flexibility index (Phi) is 5.78. The first-order chi connectivity index (χ1) is 12.8. The number of rotatable bonds is 3. The summed E-state index contributed by atoms with van der Waals surface area (Å²) in [4.78, 5) is 26.9. The molecule has 27 heavy (non-hydrogen) atoms. The monoisotopic (exact) mass is 459 g/mol. The van der Waals surface area contributed by atoms with Crippen molar-refractivity contribution >= 4 is 43.6 Å². The molecule has 1 fully saturated rings. The van der Waals surface area contributed by atoms with Crippen LogP contribution in [0.3, 0.4) is 0 Å². The average molecular weight is 460 g/mol. The lowest BCUT2D eigenvalue weighted by Crippen LogP contribution is -2.50. The van der Waals surface area contributed by atoms with Crippen LogP contribution in [0.1, 0.15) is 19.4 Å². The summed E-state index contributed by atoms with van der Waals surface area (Å²) in [5, 5.41) is 0. The third-order valence-corrected chi connectivity index (χ3v) is 7.65. The molecule has 0 aliphatic carbocycles. The summed E-state index contributed by atoms with van der Waals surface area (Å²) >= 11 is 3.37. The van der Waals surface area contributed by atoms with Gasteiger partial charge in [-0.2, -0.15) is 4.31 Å². The molecule has 2 heterocycles. The van der Waals surface area contributed by atoms with Gasteiger partial charge in [-0.25, -0.2) is 13.2 Å². The number of ether oxygens (including phenoxy) is 1. The molecule has 0 N–H and O–H groups in total. The van der Waals surface area contributed by atoms with Crippen molar-refractivity contribution in [3.05, 3.63) is 22.2 Å². The summed E-state index contributed by atoms with van der Waals surface area (Å²) in [6.45, 7) is 4.99. The van der Waals surface area contributed by atoms with E-state index >= 15 is 0 Å². The summed E-state index contributed by atoms with van der Waals surface area (Å²) in [5.41, 5.74) is 1.59. The number of hydrogen-bond donors (Lipinski definition) is 0. The number of fused-ring (bicyclic) bond motifs is 1. The minimum Gasteiger partial charge on any atom is -0.450 e. The predicted octanol–water partition coefficient (Wildman–Crippen LogP) is 1.82. The third-order valence-electron chi connectivity index (χ3n) is 4.79. The van der Waals surface area contributed by atoms with E-state index in [2.05, 4.69) is 15.9 Å². The van der Waals surface area contributed by atoms with Gasteiger partial charge in [0, 0.05) is 49.8 Å². The summed E-state index contributed by atoms with van der Waals surface area (Å²) in [5.74, 6) is -0.109. The highest BCUT2D eigenvalue weighted by Crippen LogP contribution is 2.36. The minimum absolute atomic E-state index is 0.109. The predicted molar refractivity (Wildman–Crippen MR) is 103 cm³/mol. The van der Waals surface area contributed by atoms with E-state index in [0.29, 0.717) is 23.1 Å². The molecule has 1 aromatic carbocycles. The zero-order valence-corrected chi connectivity index (χ0v) is 17.7. The number of nitrogens with zero attached hydrogens (tertiary/aromatic N) is 3.